The molecule has 56 valence electrons. The molecule has 0 rings (SSSR count). The summed E-state index contributed by atoms with van der Waals surface area (Å²) in [6.45, 7) is 6.35. The summed E-state index contributed by atoms with van der Waals surface area (Å²) in [4.78, 5) is 0. The van der Waals surface area contributed by atoms with Gasteiger partial charge in [0.1, 0.15) is 0 Å². The van der Waals surface area contributed by atoms with E-state index >= 15 is 0 Å². The van der Waals surface area contributed by atoms with Gasteiger partial charge < -0.3 is 0 Å². The van der Waals surface area contributed by atoms with Gasteiger partial charge in [0.2, 0.25) is 0 Å². The molecule has 10 heavy (non-hydrogen) atoms. The van der Waals surface area contributed by atoms with E-state index in [1.54, 1.807) is 11.8 Å². The van der Waals surface area contributed by atoms with E-state index in [-0.39, 0.29) is 0 Å². The molecule has 1 heteroatoms. The van der Waals surface area contributed by atoms with Crippen molar-refractivity contribution in [2.24, 2.45) is 0 Å². The second-order valence-corrected chi connectivity index (χ2v) is 3.09. The quantitative estimate of drug-likeness (QED) is 0.551. The van der Waals surface area contributed by atoms with Gasteiger partial charge in [-0.3, -0.25) is 0 Å². The maximum atomic E-state index is 2.99. The molecule has 0 fully saturated rings. The zero-order valence-electron chi connectivity index (χ0n) is 6.90. The Morgan fingerprint density at radius 3 is 2.70 bits per heavy atom. The van der Waals surface area contributed by atoms with Gasteiger partial charge in [-0.1, -0.05) is 37.1 Å². The van der Waals surface area contributed by atoms with Crippen molar-refractivity contribution in [3.63, 3.8) is 0 Å². The lowest BCUT2D eigenvalue weighted by atomic mass is 10.2. The van der Waals surface area contributed by atoms with Crippen molar-refractivity contribution in [2.45, 2.75) is 27.2 Å². The van der Waals surface area contributed by atoms with Crippen molar-refractivity contribution in [3.05, 3.63) is 11.6 Å². The van der Waals surface area contributed by atoms with Crippen molar-refractivity contribution >= 4 is 11.8 Å². The Balaban J connectivity index is 3.61. The van der Waals surface area contributed by atoms with Crippen LogP contribution >= 0.6 is 11.8 Å². The Kier molecular flexibility index (Phi) is 6.53. The lowest BCUT2D eigenvalue weighted by Gasteiger charge is -1.85. The first-order valence-corrected chi connectivity index (χ1v) is 4.57. The molecule has 0 aliphatic rings. The number of thioether (sulfide) groups is 1. The van der Waals surface area contributed by atoms with Gasteiger partial charge in [-0.15, -0.1) is 0 Å². The first kappa shape index (κ1) is 9.65. The zero-order chi connectivity index (χ0) is 7.82. The summed E-state index contributed by atoms with van der Waals surface area (Å²) >= 11 is 1.65. The van der Waals surface area contributed by atoms with Gasteiger partial charge >= 0.3 is 0 Å². The summed E-state index contributed by atoms with van der Waals surface area (Å²) in [6, 6.07) is 0. The molecule has 0 saturated carbocycles. The molecular weight excluding hydrogens is 140 g/mol. The molecule has 0 nitrogen and oxygen atoms in total. The van der Waals surface area contributed by atoms with Crippen LogP contribution in [0.3, 0.4) is 0 Å². The summed E-state index contributed by atoms with van der Waals surface area (Å²) in [5.41, 5.74) is 1.35. The van der Waals surface area contributed by atoms with Gasteiger partial charge in [0.15, 0.2) is 0 Å². The fourth-order valence-electron chi connectivity index (χ4n) is 0.369. The fraction of sp³-hybridized carbons (Fsp3) is 0.556. The predicted molar refractivity (Wildman–Crippen MR) is 50.0 cm³/mol. The standard InChI is InChI=1S/C9H14S/c1-4-9(3)7-6-8-10-5-2/h7H,4-5H2,1-3H3/b9-7-. The van der Waals surface area contributed by atoms with E-state index < -0.39 is 0 Å². The minimum atomic E-state index is 1.08. The first-order valence-electron chi connectivity index (χ1n) is 3.59. The molecular formula is C9H14S. The normalized spacial score (nSPS) is 10.5. The Morgan fingerprint density at radius 1 is 1.50 bits per heavy atom. The van der Waals surface area contributed by atoms with E-state index in [1.807, 2.05) is 6.08 Å². The lowest BCUT2D eigenvalue weighted by Crippen LogP contribution is -1.67. The number of hydrogen-bond acceptors (Lipinski definition) is 1. The van der Waals surface area contributed by atoms with Crippen LogP contribution in [-0.4, -0.2) is 5.75 Å². The average molecular weight is 154 g/mol. The Hall–Kier alpha value is -0.350. The Labute approximate surface area is 68.1 Å². The summed E-state index contributed by atoms with van der Waals surface area (Å²) in [5, 5.41) is 2.99. The molecule has 0 aliphatic heterocycles. The number of rotatable bonds is 2. The van der Waals surface area contributed by atoms with Crippen LogP contribution in [0.15, 0.2) is 11.6 Å². The van der Waals surface area contributed by atoms with Crippen molar-refractivity contribution in [1.82, 2.24) is 0 Å². The van der Waals surface area contributed by atoms with E-state index in [0.29, 0.717) is 0 Å². The second kappa shape index (κ2) is 6.77. The lowest BCUT2D eigenvalue weighted by molar-refractivity contribution is 1.10. The molecule has 0 bridgehead atoms. The smallest absolute Gasteiger partial charge is 0.00283 e. The van der Waals surface area contributed by atoms with Crippen molar-refractivity contribution < 1.29 is 0 Å². The van der Waals surface area contributed by atoms with Crippen LogP contribution in [0.2, 0.25) is 0 Å². The molecule has 0 N–H and O–H groups in total. The topological polar surface area (TPSA) is 0 Å². The van der Waals surface area contributed by atoms with E-state index in [1.165, 1.54) is 5.57 Å². The maximum absolute atomic E-state index is 2.99. The van der Waals surface area contributed by atoms with Crippen LogP contribution in [0.25, 0.3) is 0 Å². The highest BCUT2D eigenvalue weighted by Gasteiger charge is 1.77. The molecule has 0 amide bonds. The molecule has 0 spiro atoms. The molecule has 0 aromatic rings. The molecule has 0 atom stereocenters. The predicted octanol–water partition coefficient (Wildman–Crippen LogP) is 3.06. The van der Waals surface area contributed by atoms with E-state index in [0.717, 1.165) is 12.2 Å². The zero-order valence-corrected chi connectivity index (χ0v) is 7.72. The second-order valence-electron chi connectivity index (χ2n) is 2.02. The molecule has 0 aromatic carbocycles. The van der Waals surface area contributed by atoms with Crippen molar-refractivity contribution in [3.8, 4) is 11.2 Å². The van der Waals surface area contributed by atoms with Gasteiger partial charge in [0.25, 0.3) is 0 Å². The van der Waals surface area contributed by atoms with Crippen LogP contribution in [-0.2, 0) is 0 Å². The largest absolute Gasteiger partial charge is 0.0750 e. The number of allylic oxidation sites excluding steroid dienone is 2. The summed E-state index contributed by atoms with van der Waals surface area (Å²) in [5.74, 6) is 4.06. The minimum absolute atomic E-state index is 1.08. The Morgan fingerprint density at radius 2 is 2.20 bits per heavy atom. The van der Waals surface area contributed by atoms with Gasteiger partial charge in [0, 0.05) is 5.75 Å². The molecule has 0 aliphatic carbocycles. The third-order valence-electron chi connectivity index (χ3n) is 1.15. The average Bonchev–Trinajstić information content (AvgIpc) is 1.98. The fourth-order valence-corrected chi connectivity index (χ4v) is 0.655. The van der Waals surface area contributed by atoms with Gasteiger partial charge in [0.05, 0.1) is 0 Å². The highest BCUT2D eigenvalue weighted by atomic mass is 32.2. The highest BCUT2D eigenvalue weighted by molar-refractivity contribution is 8.03. The van der Waals surface area contributed by atoms with E-state index in [4.69, 9.17) is 0 Å². The van der Waals surface area contributed by atoms with Gasteiger partial charge in [-0.05, 0) is 24.7 Å². The molecule has 0 heterocycles. The maximum Gasteiger partial charge on any atom is 0.00283 e. The Bertz CT molecular complexity index is 157. The molecule has 0 saturated heterocycles. The summed E-state index contributed by atoms with van der Waals surface area (Å²) in [7, 11) is 0. The molecule has 0 unspecified atom stereocenters. The summed E-state index contributed by atoms with van der Waals surface area (Å²) < 4.78 is 0. The number of hydrogen-bond donors (Lipinski definition) is 0. The monoisotopic (exact) mass is 154 g/mol. The van der Waals surface area contributed by atoms with Crippen LogP contribution in [0.5, 0.6) is 0 Å². The van der Waals surface area contributed by atoms with Crippen molar-refractivity contribution in [1.29, 1.82) is 0 Å². The van der Waals surface area contributed by atoms with Crippen LogP contribution in [0.1, 0.15) is 27.2 Å². The SMILES string of the molecule is CCSC#C/C=C(/C)CC. The van der Waals surface area contributed by atoms with Gasteiger partial charge in [-0.2, -0.15) is 0 Å². The van der Waals surface area contributed by atoms with Crippen LogP contribution < -0.4 is 0 Å². The van der Waals surface area contributed by atoms with Crippen LogP contribution in [0, 0.1) is 11.2 Å². The summed E-state index contributed by atoms with van der Waals surface area (Å²) in [6.07, 6.45) is 3.09. The van der Waals surface area contributed by atoms with E-state index in [2.05, 4.69) is 31.9 Å². The molecule has 0 radical (unpaired) electrons. The third kappa shape index (κ3) is 5.78. The third-order valence-corrected chi connectivity index (χ3v) is 1.70. The van der Waals surface area contributed by atoms with Crippen molar-refractivity contribution in [2.75, 3.05) is 5.75 Å². The van der Waals surface area contributed by atoms with E-state index in [9.17, 15) is 0 Å². The molecule has 0 aromatic heterocycles. The van der Waals surface area contributed by atoms with Gasteiger partial charge in [-0.25, -0.2) is 0 Å². The first-order chi connectivity index (χ1) is 4.81. The van der Waals surface area contributed by atoms with Crippen LogP contribution in [0.4, 0.5) is 0 Å². The minimum Gasteiger partial charge on any atom is -0.0750 e. The highest BCUT2D eigenvalue weighted by Crippen LogP contribution is 1.97.